The van der Waals surface area contributed by atoms with Crippen molar-refractivity contribution in [3.8, 4) is 0 Å². The molecular weight excluding hydrogens is 200 g/mol. The Kier molecular flexibility index (Phi) is 6.96. The lowest BCUT2D eigenvalue weighted by atomic mass is 10.1. The average Bonchev–Trinajstić information content (AvgIpc) is 2.30. The van der Waals surface area contributed by atoms with Gasteiger partial charge in [-0.15, -0.1) is 0 Å². The van der Waals surface area contributed by atoms with Gasteiger partial charge in [0.15, 0.2) is 0 Å². The van der Waals surface area contributed by atoms with Crippen LogP contribution in [0.4, 0.5) is 0 Å². The van der Waals surface area contributed by atoms with Gasteiger partial charge in [0.2, 0.25) is 0 Å². The van der Waals surface area contributed by atoms with E-state index in [1.54, 1.807) is 0 Å². The Morgan fingerprint density at radius 2 is 2.00 bits per heavy atom. The molecule has 0 aromatic heterocycles. The van der Waals surface area contributed by atoms with Gasteiger partial charge in [0.1, 0.15) is 0 Å². The van der Waals surface area contributed by atoms with Crippen molar-refractivity contribution in [1.82, 2.24) is 15.2 Å². The van der Waals surface area contributed by atoms with Crippen molar-refractivity contribution in [3.63, 3.8) is 0 Å². The molecule has 0 aromatic rings. The second-order valence-electron chi connectivity index (χ2n) is 5.09. The molecule has 0 bridgehead atoms. The molecule has 0 amide bonds. The summed E-state index contributed by atoms with van der Waals surface area (Å²) in [6.45, 7) is 8.18. The molecule has 0 spiro atoms. The zero-order chi connectivity index (χ0) is 11.8. The average molecular weight is 228 g/mol. The minimum absolute atomic E-state index is 0.375. The quantitative estimate of drug-likeness (QED) is 0.496. The summed E-state index contributed by atoms with van der Waals surface area (Å²) in [5, 5.41) is 0. The second kappa shape index (κ2) is 8.01. The molecule has 1 atom stereocenters. The van der Waals surface area contributed by atoms with Crippen molar-refractivity contribution < 1.29 is 0 Å². The van der Waals surface area contributed by atoms with Gasteiger partial charge in [-0.2, -0.15) is 0 Å². The number of nitrogens with two attached hydrogens (primary N) is 1. The maximum atomic E-state index is 5.38. The number of hydrogen-bond donors (Lipinski definition) is 2. The molecule has 0 saturated carbocycles. The second-order valence-corrected chi connectivity index (χ2v) is 5.09. The lowest BCUT2D eigenvalue weighted by Gasteiger charge is -2.27. The summed E-state index contributed by atoms with van der Waals surface area (Å²) in [5.74, 6) is 5.38. The first-order chi connectivity index (χ1) is 7.72. The predicted molar refractivity (Wildman–Crippen MR) is 69.2 cm³/mol. The standard InChI is InChI=1S/C12H28N4/c1-12(14-13)11-15(2)7-6-10-16-8-4-3-5-9-16/h12,14H,3-11,13H2,1-2H3. The summed E-state index contributed by atoms with van der Waals surface area (Å²) < 4.78 is 0. The van der Waals surface area contributed by atoms with Crippen LogP contribution in [0.25, 0.3) is 0 Å². The molecule has 0 aliphatic carbocycles. The molecule has 4 nitrogen and oxygen atoms in total. The van der Waals surface area contributed by atoms with Crippen LogP contribution in [0.3, 0.4) is 0 Å². The number of nitrogens with zero attached hydrogens (tertiary/aromatic N) is 2. The van der Waals surface area contributed by atoms with Crippen LogP contribution >= 0.6 is 0 Å². The normalized spacial score (nSPS) is 20.2. The molecule has 1 heterocycles. The van der Waals surface area contributed by atoms with E-state index in [0.29, 0.717) is 6.04 Å². The van der Waals surface area contributed by atoms with Crippen LogP contribution in [-0.2, 0) is 0 Å². The minimum Gasteiger partial charge on any atom is -0.305 e. The highest BCUT2D eigenvalue weighted by Gasteiger charge is 2.10. The third-order valence-corrected chi connectivity index (χ3v) is 3.33. The molecule has 0 aromatic carbocycles. The lowest BCUT2D eigenvalue weighted by molar-refractivity contribution is 0.208. The molecule has 1 rings (SSSR count). The Labute approximate surface area is 100 Å². The van der Waals surface area contributed by atoms with Crippen LogP contribution in [0.5, 0.6) is 0 Å². The van der Waals surface area contributed by atoms with Crippen LogP contribution in [-0.4, -0.2) is 55.6 Å². The first kappa shape index (κ1) is 13.9. The van der Waals surface area contributed by atoms with Gasteiger partial charge in [0, 0.05) is 12.6 Å². The molecular formula is C12H28N4. The number of rotatable bonds is 7. The van der Waals surface area contributed by atoms with Gasteiger partial charge in [-0.3, -0.25) is 11.3 Å². The Bertz CT molecular complexity index is 168. The molecule has 1 aliphatic rings. The molecule has 16 heavy (non-hydrogen) atoms. The fourth-order valence-corrected chi connectivity index (χ4v) is 2.36. The molecule has 3 N–H and O–H groups in total. The predicted octanol–water partition coefficient (Wildman–Crippen LogP) is 0.646. The van der Waals surface area contributed by atoms with Crippen molar-refractivity contribution in [1.29, 1.82) is 0 Å². The SMILES string of the molecule is CC(CN(C)CCCN1CCCCC1)NN. The van der Waals surface area contributed by atoms with E-state index in [1.165, 1.54) is 51.9 Å². The molecule has 96 valence electrons. The molecule has 1 fully saturated rings. The van der Waals surface area contributed by atoms with Gasteiger partial charge >= 0.3 is 0 Å². The fraction of sp³-hybridized carbons (Fsp3) is 1.00. The summed E-state index contributed by atoms with van der Waals surface area (Å²) in [6, 6.07) is 0.375. The first-order valence-electron chi connectivity index (χ1n) is 6.59. The molecule has 1 unspecified atom stereocenters. The topological polar surface area (TPSA) is 44.5 Å². The van der Waals surface area contributed by atoms with E-state index in [0.717, 1.165) is 6.54 Å². The summed E-state index contributed by atoms with van der Waals surface area (Å²) in [4.78, 5) is 4.95. The van der Waals surface area contributed by atoms with E-state index in [2.05, 4.69) is 29.2 Å². The number of nitrogens with one attached hydrogen (secondary N) is 1. The minimum atomic E-state index is 0.375. The smallest absolute Gasteiger partial charge is 0.0309 e. The van der Waals surface area contributed by atoms with Crippen LogP contribution < -0.4 is 11.3 Å². The van der Waals surface area contributed by atoms with Gasteiger partial charge in [-0.1, -0.05) is 6.42 Å². The van der Waals surface area contributed by atoms with Crippen molar-refractivity contribution in [2.45, 2.75) is 38.6 Å². The largest absolute Gasteiger partial charge is 0.305 e. The van der Waals surface area contributed by atoms with Gasteiger partial charge in [-0.05, 0) is 59.4 Å². The summed E-state index contributed by atoms with van der Waals surface area (Å²) in [7, 11) is 2.17. The van der Waals surface area contributed by atoms with Gasteiger partial charge in [-0.25, -0.2) is 0 Å². The highest BCUT2D eigenvalue weighted by atomic mass is 15.3. The van der Waals surface area contributed by atoms with Crippen molar-refractivity contribution >= 4 is 0 Å². The zero-order valence-corrected chi connectivity index (χ0v) is 10.9. The number of hydrogen-bond acceptors (Lipinski definition) is 4. The Morgan fingerprint density at radius 1 is 1.31 bits per heavy atom. The number of piperidine rings is 1. The summed E-state index contributed by atoms with van der Waals surface area (Å²) in [6.07, 6.45) is 5.48. The third-order valence-electron chi connectivity index (χ3n) is 3.33. The van der Waals surface area contributed by atoms with Crippen LogP contribution in [0.15, 0.2) is 0 Å². The number of likely N-dealkylation sites (tertiary alicyclic amines) is 1. The molecule has 0 radical (unpaired) electrons. The Balaban J connectivity index is 2.00. The number of hydrazine groups is 1. The van der Waals surface area contributed by atoms with Gasteiger partial charge in [0.05, 0.1) is 0 Å². The van der Waals surface area contributed by atoms with Gasteiger partial charge < -0.3 is 9.80 Å². The van der Waals surface area contributed by atoms with E-state index in [4.69, 9.17) is 5.84 Å². The Hall–Kier alpha value is -0.160. The third kappa shape index (κ3) is 5.80. The van der Waals surface area contributed by atoms with Crippen LogP contribution in [0, 0.1) is 0 Å². The maximum Gasteiger partial charge on any atom is 0.0309 e. The molecule has 4 heteroatoms. The molecule has 1 saturated heterocycles. The molecule has 1 aliphatic heterocycles. The van der Waals surface area contributed by atoms with E-state index >= 15 is 0 Å². The van der Waals surface area contributed by atoms with Gasteiger partial charge in [0.25, 0.3) is 0 Å². The zero-order valence-electron chi connectivity index (χ0n) is 10.9. The van der Waals surface area contributed by atoms with E-state index in [1.807, 2.05) is 0 Å². The fourth-order valence-electron chi connectivity index (χ4n) is 2.36. The summed E-state index contributed by atoms with van der Waals surface area (Å²) in [5.41, 5.74) is 2.78. The van der Waals surface area contributed by atoms with Crippen molar-refractivity contribution in [2.24, 2.45) is 5.84 Å². The van der Waals surface area contributed by atoms with Crippen molar-refractivity contribution in [3.05, 3.63) is 0 Å². The monoisotopic (exact) mass is 228 g/mol. The van der Waals surface area contributed by atoms with Crippen LogP contribution in [0.1, 0.15) is 32.6 Å². The lowest BCUT2D eigenvalue weighted by Crippen LogP contribution is -2.41. The summed E-state index contributed by atoms with van der Waals surface area (Å²) >= 11 is 0. The van der Waals surface area contributed by atoms with E-state index < -0.39 is 0 Å². The van der Waals surface area contributed by atoms with E-state index in [-0.39, 0.29) is 0 Å². The first-order valence-corrected chi connectivity index (χ1v) is 6.59. The van der Waals surface area contributed by atoms with Crippen LogP contribution in [0.2, 0.25) is 0 Å². The Morgan fingerprint density at radius 3 is 2.62 bits per heavy atom. The number of likely N-dealkylation sites (N-methyl/N-ethyl adjacent to an activating group) is 1. The highest BCUT2D eigenvalue weighted by molar-refractivity contribution is 4.66. The highest BCUT2D eigenvalue weighted by Crippen LogP contribution is 2.08. The van der Waals surface area contributed by atoms with E-state index in [9.17, 15) is 0 Å². The van der Waals surface area contributed by atoms with Crippen molar-refractivity contribution in [2.75, 3.05) is 39.8 Å². The maximum absolute atomic E-state index is 5.38.